The highest BCUT2D eigenvalue weighted by Gasteiger charge is 2.44. The van der Waals surface area contributed by atoms with Crippen LogP contribution in [0.1, 0.15) is 13.3 Å². The number of halogens is 3. The number of carboxylic acid groups (broad SMARTS) is 1. The van der Waals surface area contributed by atoms with Crippen LogP contribution in [-0.4, -0.2) is 62.4 Å². The third-order valence-corrected chi connectivity index (χ3v) is 4.00. The molecule has 0 amide bonds. The first-order valence-corrected chi connectivity index (χ1v) is 7.80. The molecule has 1 atom stereocenters. The summed E-state index contributed by atoms with van der Waals surface area (Å²) in [4.78, 5) is 10.4. The molecule has 0 saturated heterocycles. The molecule has 0 spiro atoms. The van der Waals surface area contributed by atoms with Crippen molar-refractivity contribution in [3.05, 3.63) is 0 Å². The average molecular weight is 320 g/mol. The number of alkyl halides is 3. The Morgan fingerprint density at radius 3 is 2.30 bits per heavy atom. The van der Waals surface area contributed by atoms with E-state index in [1.807, 2.05) is 0 Å². The molecule has 10 heteroatoms. The van der Waals surface area contributed by atoms with Crippen molar-refractivity contribution in [2.45, 2.75) is 19.5 Å². The van der Waals surface area contributed by atoms with E-state index >= 15 is 0 Å². The summed E-state index contributed by atoms with van der Waals surface area (Å²) in [7, 11) is -3.32. The van der Waals surface area contributed by atoms with Crippen molar-refractivity contribution in [2.24, 2.45) is 5.92 Å². The fourth-order valence-electron chi connectivity index (χ4n) is 1.53. The third kappa shape index (κ3) is 7.06. The predicted molar refractivity (Wildman–Crippen MR) is 66.8 cm³/mol. The lowest BCUT2D eigenvalue weighted by Gasteiger charge is -2.19. The van der Waals surface area contributed by atoms with Crippen molar-refractivity contribution in [3.8, 4) is 0 Å². The highest BCUT2D eigenvalue weighted by atomic mass is 32.2. The molecule has 0 aromatic rings. The highest BCUT2D eigenvalue weighted by Crippen LogP contribution is 2.25. The standard InChI is InChI=1S/C10H19F3N2O4S/c1-3-15(20(2,18)19)6-4-5-14-7-8(9(16)17)10(11,12)13/h8,14H,3-7H2,1-2H3,(H,16,17). The SMILES string of the molecule is CCN(CCCNCC(C(=O)O)C(F)(F)F)S(C)(=O)=O. The van der Waals surface area contributed by atoms with Gasteiger partial charge in [-0.05, 0) is 13.0 Å². The monoisotopic (exact) mass is 320 g/mol. The number of nitrogens with zero attached hydrogens (tertiary/aromatic N) is 1. The van der Waals surface area contributed by atoms with Crippen LogP contribution in [0.3, 0.4) is 0 Å². The predicted octanol–water partition coefficient (Wildman–Crippen LogP) is 0.511. The van der Waals surface area contributed by atoms with Crippen LogP contribution in [0.25, 0.3) is 0 Å². The quantitative estimate of drug-likeness (QED) is 0.605. The average Bonchev–Trinajstić information content (AvgIpc) is 2.23. The summed E-state index contributed by atoms with van der Waals surface area (Å²) in [5.74, 6) is -4.39. The number of carbonyl (C=O) groups is 1. The first-order chi connectivity index (χ1) is 9.00. The molecule has 120 valence electrons. The van der Waals surface area contributed by atoms with Gasteiger partial charge in [0.2, 0.25) is 10.0 Å². The second-order valence-electron chi connectivity index (χ2n) is 4.24. The topological polar surface area (TPSA) is 86.7 Å². The van der Waals surface area contributed by atoms with Crippen LogP contribution in [0, 0.1) is 5.92 Å². The van der Waals surface area contributed by atoms with Crippen molar-refractivity contribution in [2.75, 3.05) is 32.4 Å². The number of rotatable bonds is 9. The van der Waals surface area contributed by atoms with Gasteiger partial charge in [0.25, 0.3) is 0 Å². The van der Waals surface area contributed by atoms with Gasteiger partial charge < -0.3 is 10.4 Å². The lowest BCUT2D eigenvalue weighted by Crippen LogP contribution is -2.40. The van der Waals surface area contributed by atoms with Gasteiger partial charge >= 0.3 is 12.1 Å². The lowest BCUT2D eigenvalue weighted by atomic mass is 10.1. The van der Waals surface area contributed by atoms with Crippen LogP contribution in [0.4, 0.5) is 13.2 Å². The van der Waals surface area contributed by atoms with E-state index in [2.05, 4.69) is 5.32 Å². The van der Waals surface area contributed by atoms with E-state index in [1.165, 1.54) is 4.31 Å². The molecule has 0 aromatic carbocycles. The Labute approximate surface area is 116 Å². The minimum Gasteiger partial charge on any atom is -0.481 e. The Bertz CT molecular complexity index is 411. The molecule has 0 rings (SSSR count). The summed E-state index contributed by atoms with van der Waals surface area (Å²) in [5, 5.41) is 10.8. The fraction of sp³-hybridized carbons (Fsp3) is 0.900. The molecule has 20 heavy (non-hydrogen) atoms. The van der Waals surface area contributed by atoms with Crippen molar-refractivity contribution < 1.29 is 31.5 Å². The van der Waals surface area contributed by atoms with Gasteiger partial charge in [-0.2, -0.15) is 13.2 Å². The summed E-state index contributed by atoms with van der Waals surface area (Å²) in [6.07, 6.45) is -3.46. The molecule has 0 radical (unpaired) electrons. The van der Waals surface area contributed by atoms with Crippen LogP contribution >= 0.6 is 0 Å². The zero-order valence-corrected chi connectivity index (χ0v) is 12.1. The Kier molecular flexibility index (Phi) is 7.45. The molecule has 0 saturated carbocycles. The van der Waals surface area contributed by atoms with E-state index < -0.39 is 34.6 Å². The maximum atomic E-state index is 12.3. The first-order valence-electron chi connectivity index (χ1n) is 5.95. The molecule has 0 aliphatic heterocycles. The molecule has 1 unspecified atom stereocenters. The molecule has 6 nitrogen and oxygen atoms in total. The second kappa shape index (κ2) is 7.79. The van der Waals surface area contributed by atoms with Crippen LogP contribution < -0.4 is 5.32 Å². The maximum Gasteiger partial charge on any atom is 0.403 e. The van der Waals surface area contributed by atoms with Gasteiger partial charge in [0.15, 0.2) is 5.92 Å². The van der Waals surface area contributed by atoms with Gasteiger partial charge in [-0.25, -0.2) is 12.7 Å². The lowest BCUT2D eigenvalue weighted by molar-refractivity contribution is -0.192. The van der Waals surface area contributed by atoms with Crippen LogP contribution in [-0.2, 0) is 14.8 Å². The summed E-state index contributed by atoms with van der Waals surface area (Å²) < 4.78 is 60.6. The smallest absolute Gasteiger partial charge is 0.403 e. The number of nitrogens with one attached hydrogen (secondary N) is 1. The van der Waals surface area contributed by atoms with Crippen LogP contribution in [0.15, 0.2) is 0 Å². The van der Waals surface area contributed by atoms with Gasteiger partial charge in [0, 0.05) is 19.6 Å². The molecule has 0 fully saturated rings. The number of sulfonamides is 1. The number of carboxylic acids is 1. The highest BCUT2D eigenvalue weighted by molar-refractivity contribution is 7.88. The largest absolute Gasteiger partial charge is 0.481 e. The van der Waals surface area contributed by atoms with E-state index in [1.54, 1.807) is 6.92 Å². The fourth-order valence-corrected chi connectivity index (χ4v) is 2.46. The minimum atomic E-state index is -4.80. The third-order valence-electron chi connectivity index (χ3n) is 2.62. The minimum absolute atomic E-state index is 0.103. The molecular weight excluding hydrogens is 301 g/mol. The van der Waals surface area contributed by atoms with Crippen LogP contribution in [0.2, 0.25) is 0 Å². The van der Waals surface area contributed by atoms with Gasteiger partial charge in [-0.15, -0.1) is 0 Å². The Morgan fingerprint density at radius 2 is 1.95 bits per heavy atom. The van der Waals surface area contributed by atoms with E-state index in [9.17, 15) is 26.4 Å². The number of hydrogen-bond donors (Lipinski definition) is 2. The van der Waals surface area contributed by atoms with E-state index in [0.29, 0.717) is 6.42 Å². The van der Waals surface area contributed by atoms with Crippen LogP contribution in [0.5, 0.6) is 0 Å². The molecule has 0 aromatic heterocycles. The molecule has 2 N–H and O–H groups in total. The maximum absolute atomic E-state index is 12.3. The van der Waals surface area contributed by atoms with Gasteiger partial charge in [0.1, 0.15) is 0 Å². The Balaban J connectivity index is 4.11. The van der Waals surface area contributed by atoms with E-state index in [-0.39, 0.29) is 19.6 Å². The molecule has 0 aliphatic rings. The van der Waals surface area contributed by atoms with Crippen molar-refractivity contribution >= 4 is 16.0 Å². The molecule has 0 bridgehead atoms. The first kappa shape index (κ1) is 19.1. The summed E-state index contributed by atoms with van der Waals surface area (Å²) in [6.45, 7) is 1.47. The Morgan fingerprint density at radius 1 is 1.40 bits per heavy atom. The number of hydrogen-bond acceptors (Lipinski definition) is 4. The van der Waals surface area contributed by atoms with Gasteiger partial charge in [-0.1, -0.05) is 6.92 Å². The zero-order valence-electron chi connectivity index (χ0n) is 11.3. The zero-order chi connectivity index (χ0) is 16.0. The van der Waals surface area contributed by atoms with E-state index in [4.69, 9.17) is 5.11 Å². The van der Waals surface area contributed by atoms with Gasteiger partial charge in [-0.3, -0.25) is 4.79 Å². The molecular formula is C10H19F3N2O4S. The van der Waals surface area contributed by atoms with Crippen molar-refractivity contribution in [1.29, 1.82) is 0 Å². The second-order valence-corrected chi connectivity index (χ2v) is 6.23. The molecule has 0 aliphatic carbocycles. The Hall–Kier alpha value is -0.870. The summed E-state index contributed by atoms with van der Waals surface area (Å²) >= 11 is 0. The molecule has 0 heterocycles. The van der Waals surface area contributed by atoms with Crippen molar-refractivity contribution in [1.82, 2.24) is 9.62 Å². The number of aliphatic carboxylic acids is 1. The van der Waals surface area contributed by atoms with Crippen molar-refractivity contribution in [3.63, 3.8) is 0 Å². The normalized spacial score (nSPS) is 14.5. The van der Waals surface area contributed by atoms with Gasteiger partial charge in [0.05, 0.1) is 6.26 Å². The summed E-state index contributed by atoms with van der Waals surface area (Å²) in [5.41, 5.74) is 0. The summed E-state index contributed by atoms with van der Waals surface area (Å²) in [6, 6.07) is 0. The van der Waals surface area contributed by atoms with E-state index in [0.717, 1.165) is 6.26 Å².